The second kappa shape index (κ2) is 5.32. The Hall–Kier alpha value is -1.06. The topological polar surface area (TPSA) is 44.5 Å². The van der Waals surface area contributed by atoms with E-state index >= 15 is 0 Å². The van der Waals surface area contributed by atoms with Gasteiger partial charge in [-0.05, 0) is 37.3 Å². The summed E-state index contributed by atoms with van der Waals surface area (Å²) in [4.78, 5) is 4.62. The van der Waals surface area contributed by atoms with E-state index in [1.807, 2.05) is 6.07 Å². The highest BCUT2D eigenvalue weighted by Gasteiger charge is 2.22. The molecule has 0 heterocycles. The van der Waals surface area contributed by atoms with Crippen molar-refractivity contribution in [3.8, 4) is 5.75 Å². The van der Waals surface area contributed by atoms with E-state index in [0.717, 1.165) is 24.7 Å². The Morgan fingerprint density at radius 1 is 1.38 bits per heavy atom. The third-order valence-electron chi connectivity index (χ3n) is 2.88. The van der Waals surface area contributed by atoms with Crippen LogP contribution >= 0.6 is 0 Å². The average Bonchev–Trinajstić information content (AvgIpc) is 3.09. The zero-order valence-corrected chi connectivity index (χ0v) is 9.74. The second-order valence-corrected chi connectivity index (χ2v) is 4.49. The van der Waals surface area contributed by atoms with Crippen LogP contribution in [0.4, 0.5) is 0 Å². The van der Waals surface area contributed by atoms with Crippen molar-refractivity contribution >= 4 is 0 Å². The fraction of sp³-hybridized carbons (Fsp3) is 0.538. The largest absolute Gasteiger partial charge is 0.493 e. The number of hydrogen-bond donors (Lipinski definition) is 1. The van der Waals surface area contributed by atoms with Gasteiger partial charge in [-0.1, -0.05) is 17.7 Å². The van der Waals surface area contributed by atoms with Crippen LogP contribution in [-0.2, 0) is 11.3 Å². The molecule has 0 spiro atoms. The van der Waals surface area contributed by atoms with E-state index in [2.05, 4.69) is 23.9 Å². The molecule has 0 amide bonds. The van der Waals surface area contributed by atoms with E-state index in [-0.39, 0.29) is 0 Å². The molecule has 1 aromatic rings. The lowest BCUT2D eigenvalue weighted by molar-refractivity contribution is 0.140. The quantitative estimate of drug-likeness (QED) is 0.749. The first-order valence-electron chi connectivity index (χ1n) is 5.83. The van der Waals surface area contributed by atoms with Gasteiger partial charge in [0, 0.05) is 6.42 Å². The van der Waals surface area contributed by atoms with E-state index in [1.54, 1.807) is 0 Å². The molecule has 88 valence electrons. The maximum atomic E-state index is 5.82. The van der Waals surface area contributed by atoms with E-state index in [9.17, 15) is 0 Å². The first kappa shape index (κ1) is 11.4. The van der Waals surface area contributed by atoms with Crippen LogP contribution in [-0.4, -0.2) is 13.2 Å². The number of ether oxygens (including phenoxy) is 1. The van der Waals surface area contributed by atoms with Crippen molar-refractivity contribution in [2.24, 2.45) is 11.8 Å². The number of hydrogen-bond acceptors (Lipinski definition) is 3. The average molecular weight is 221 g/mol. The molecule has 0 saturated heterocycles. The van der Waals surface area contributed by atoms with Gasteiger partial charge in [0.25, 0.3) is 0 Å². The molecular formula is C13H19NO2. The van der Waals surface area contributed by atoms with Gasteiger partial charge in [0.15, 0.2) is 0 Å². The van der Waals surface area contributed by atoms with Crippen molar-refractivity contribution in [2.45, 2.75) is 26.2 Å². The molecule has 0 unspecified atom stereocenters. The summed E-state index contributed by atoms with van der Waals surface area (Å²) in [6.07, 6.45) is 3.43. The first-order chi connectivity index (χ1) is 7.79. The summed E-state index contributed by atoms with van der Waals surface area (Å²) in [6, 6.07) is 6.26. The molecule has 0 bridgehead atoms. The Morgan fingerprint density at radius 2 is 2.19 bits per heavy atom. The molecule has 3 heteroatoms. The summed E-state index contributed by atoms with van der Waals surface area (Å²) in [5.74, 6) is 6.81. The fourth-order valence-electron chi connectivity index (χ4n) is 1.71. The normalized spacial score (nSPS) is 15.1. The molecule has 1 aliphatic carbocycles. The summed E-state index contributed by atoms with van der Waals surface area (Å²) in [5, 5.41) is 0. The summed E-state index contributed by atoms with van der Waals surface area (Å²) < 4.78 is 5.82. The fourth-order valence-corrected chi connectivity index (χ4v) is 1.71. The van der Waals surface area contributed by atoms with Crippen molar-refractivity contribution in [3.05, 3.63) is 29.3 Å². The number of rotatable bonds is 6. The molecule has 0 atom stereocenters. The number of aryl methyl sites for hydroxylation is 1. The van der Waals surface area contributed by atoms with Gasteiger partial charge in [0.05, 0.1) is 13.2 Å². The molecule has 3 nitrogen and oxygen atoms in total. The highest BCUT2D eigenvalue weighted by Crippen LogP contribution is 2.30. The molecular weight excluding hydrogens is 202 g/mol. The molecule has 0 aliphatic heterocycles. The van der Waals surface area contributed by atoms with E-state index in [1.165, 1.54) is 24.0 Å². The van der Waals surface area contributed by atoms with E-state index in [4.69, 9.17) is 10.6 Å². The molecule has 0 radical (unpaired) electrons. The van der Waals surface area contributed by atoms with Crippen LogP contribution < -0.4 is 10.6 Å². The van der Waals surface area contributed by atoms with Crippen LogP contribution in [0.15, 0.2) is 18.2 Å². The number of benzene rings is 1. The summed E-state index contributed by atoms with van der Waals surface area (Å²) in [6.45, 7) is 3.46. The first-order valence-corrected chi connectivity index (χ1v) is 5.83. The van der Waals surface area contributed by atoms with Gasteiger partial charge >= 0.3 is 0 Å². The zero-order chi connectivity index (χ0) is 11.4. The second-order valence-electron chi connectivity index (χ2n) is 4.49. The summed E-state index contributed by atoms with van der Waals surface area (Å²) in [5.41, 5.74) is 2.43. The van der Waals surface area contributed by atoms with Crippen LogP contribution in [0.1, 0.15) is 24.0 Å². The van der Waals surface area contributed by atoms with Crippen molar-refractivity contribution in [1.29, 1.82) is 0 Å². The molecule has 1 fully saturated rings. The summed E-state index contributed by atoms with van der Waals surface area (Å²) >= 11 is 0. The lowest BCUT2D eigenvalue weighted by atomic mass is 10.1. The number of nitrogens with two attached hydrogens (primary N) is 1. The molecule has 0 aromatic heterocycles. The standard InChI is InChI=1S/C13H19NO2/c1-10-2-5-13(15-9-11-3-4-11)12(8-10)6-7-16-14/h2,5,8,11H,3-4,6-7,9,14H2,1H3. The predicted molar refractivity (Wildman–Crippen MR) is 63.2 cm³/mol. The lowest BCUT2D eigenvalue weighted by Crippen LogP contribution is -2.07. The Balaban J connectivity index is 2.00. The van der Waals surface area contributed by atoms with Crippen molar-refractivity contribution < 1.29 is 9.57 Å². The van der Waals surface area contributed by atoms with Gasteiger partial charge in [0.2, 0.25) is 0 Å². The van der Waals surface area contributed by atoms with Crippen LogP contribution in [0.5, 0.6) is 5.75 Å². The predicted octanol–water partition coefficient (Wildman–Crippen LogP) is 2.22. The molecule has 2 N–H and O–H groups in total. The maximum absolute atomic E-state index is 5.82. The Kier molecular flexibility index (Phi) is 3.80. The Bertz CT molecular complexity index is 348. The zero-order valence-electron chi connectivity index (χ0n) is 9.74. The Morgan fingerprint density at radius 3 is 2.88 bits per heavy atom. The van der Waals surface area contributed by atoms with Crippen LogP contribution in [0, 0.1) is 12.8 Å². The van der Waals surface area contributed by atoms with E-state index in [0.29, 0.717) is 6.61 Å². The molecule has 16 heavy (non-hydrogen) atoms. The molecule has 1 aromatic carbocycles. The maximum Gasteiger partial charge on any atom is 0.122 e. The van der Waals surface area contributed by atoms with Gasteiger partial charge in [-0.2, -0.15) is 0 Å². The van der Waals surface area contributed by atoms with Gasteiger partial charge in [-0.3, -0.25) is 0 Å². The third kappa shape index (κ3) is 3.22. The van der Waals surface area contributed by atoms with Crippen LogP contribution in [0.3, 0.4) is 0 Å². The highest BCUT2D eigenvalue weighted by molar-refractivity contribution is 5.37. The SMILES string of the molecule is Cc1ccc(OCC2CC2)c(CCON)c1. The Labute approximate surface area is 96.5 Å². The molecule has 1 saturated carbocycles. The summed E-state index contributed by atoms with van der Waals surface area (Å²) in [7, 11) is 0. The van der Waals surface area contributed by atoms with Gasteiger partial charge in [0.1, 0.15) is 5.75 Å². The van der Waals surface area contributed by atoms with E-state index < -0.39 is 0 Å². The van der Waals surface area contributed by atoms with Crippen molar-refractivity contribution in [2.75, 3.05) is 13.2 Å². The van der Waals surface area contributed by atoms with Gasteiger partial charge in [-0.25, -0.2) is 5.90 Å². The minimum atomic E-state index is 0.531. The van der Waals surface area contributed by atoms with Crippen LogP contribution in [0.2, 0.25) is 0 Å². The lowest BCUT2D eigenvalue weighted by Gasteiger charge is -2.11. The minimum absolute atomic E-state index is 0.531. The monoisotopic (exact) mass is 221 g/mol. The molecule has 1 aliphatic rings. The third-order valence-corrected chi connectivity index (χ3v) is 2.88. The minimum Gasteiger partial charge on any atom is -0.493 e. The molecule has 2 rings (SSSR count). The smallest absolute Gasteiger partial charge is 0.122 e. The van der Waals surface area contributed by atoms with Crippen molar-refractivity contribution in [1.82, 2.24) is 0 Å². The van der Waals surface area contributed by atoms with Gasteiger partial charge < -0.3 is 9.57 Å². The highest BCUT2D eigenvalue weighted by atomic mass is 16.6. The van der Waals surface area contributed by atoms with Gasteiger partial charge in [-0.15, -0.1) is 0 Å². The van der Waals surface area contributed by atoms with Crippen molar-refractivity contribution in [3.63, 3.8) is 0 Å². The van der Waals surface area contributed by atoms with Crippen LogP contribution in [0.25, 0.3) is 0 Å².